The van der Waals surface area contributed by atoms with Crippen LogP contribution in [0.2, 0.25) is 0 Å². The highest BCUT2D eigenvalue weighted by atomic mass is 32.2. The number of rotatable bonds is 7. The molecule has 0 radical (unpaired) electrons. The van der Waals surface area contributed by atoms with E-state index in [-0.39, 0.29) is 33.2 Å². The van der Waals surface area contributed by atoms with Gasteiger partial charge in [-0.05, 0) is 49.7 Å². The molecule has 0 saturated heterocycles. The van der Waals surface area contributed by atoms with E-state index in [2.05, 4.69) is 10.0 Å². The molecular formula is C23H19N2O6S-. The van der Waals surface area contributed by atoms with Crippen LogP contribution in [-0.4, -0.2) is 26.1 Å². The highest BCUT2D eigenvalue weighted by Gasteiger charge is 2.20. The Kier molecular flexibility index (Phi) is 6.40. The molecule has 0 aliphatic heterocycles. The van der Waals surface area contributed by atoms with Gasteiger partial charge in [0.1, 0.15) is 0 Å². The minimum absolute atomic E-state index is 0.0154. The molecule has 0 unspecified atom stereocenters. The first-order valence-corrected chi connectivity index (χ1v) is 10.9. The Balaban J connectivity index is 1.91. The van der Waals surface area contributed by atoms with Crippen LogP contribution >= 0.6 is 0 Å². The number of carbonyl (C=O) groups is 3. The van der Waals surface area contributed by atoms with Crippen molar-refractivity contribution < 1.29 is 27.9 Å². The number of hydrogen-bond donors (Lipinski definition) is 2. The maximum absolute atomic E-state index is 13.0. The predicted octanol–water partition coefficient (Wildman–Crippen LogP) is 2.61. The average Bonchev–Trinajstić information content (AvgIpc) is 2.74. The first-order valence-electron chi connectivity index (χ1n) is 9.44. The number of carboxylic acid groups (broad SMARTS) is 1. The Morgan fingerprint density at radius 1 is 0.875 bits per heavy atom. The molecule has 0 saturated carbocycles. The molecule has 9 heteroatoms. The van der Waals surface area contributed by atoms with E-state index in [1.165, 1.54) is 55.5 Å². The number of Topliss-reactive ketones (excluding diaryl/α,β-unsaturated/α-hetero) is 1. The van der Waals surface area contributed by atoms with E-state index < -0.39 is 21.9 Å². The summed E-state index contributed by atoms with van der Waals surface area (Å²) in [5.41, 5.74) is 0.791. The average molecular weight is 451 g/mol. The minimum atomic E-state index is -4.08. The maximum Gasteiger partial charge on any atom is 0.262 e. The van der Waals surface area contributed by atoms with Gasteiger partial charge in [0.15, 0.2) is 5.78 Å². The van der Waals surface area contributed by atoms with Crippen molar-refractivity contribution in [1.82, 2.24) is 0 Å². The van der Waals surface area contributed by atoms with Crippen molar-refractivity contribution in [2.45, 2.75) is 18.7 Å². The van der Waals surface area contributed by atoms with E-state index in [9.17, 15) is 27.9 Å². The smallest absolute Gasteiger partial charge is 0.262 e. The quantitative estimate of drug-likeness (QED) is 0.531. The fraction of sp³-hybridized carbons (Fsp3) is 0.0870. The first kappa shape index (κ1) is 22.7. The molecule has 3 rings (SSSR count). The van der Waals surface area contributed by atoms with E-state index >= 15 is 0 Å². The lowest BCUT2D eigenvalue weighted by Crippen LogP contribution is -2.25. The van der Waals surface area contributed by atoms with Gasteiger partial charge in [0, 0.05) is 22.4 Å². The van der Waals surface area contributed by atoms with Gasteiger partial charge < -0.3 is 15.2 Å². The van der Waals surface area contributed by atoms with Crippen molar-refractivity contribution in [3.63, 3.8) is 0 Å². The number of para-hydroxylation sites is 1. The van der Waals surface area contributed by atoms with E-state index in [0.717, 1.165) is 0 Å². The second kappa shape index (κ2) is 9.03. The maximum atomic E-state index is 13.0. The molecule has 0 heterocycles. The van der Waals surface area contributed by atoms with Gasteiger partial charge in [-0.3, -0.25) is 14.3 Å². The summed E-state index contributed by atoms with van der Waals surface area (Å²) in [6.07, 6.45) is 0. The van der Waals surface area contributed by atoms with Crippen LogP contribution in [0.15, 0.2) is 71.6 Å². The number of anilines is 2. The molecule has 0 atom stereocenters. The van der Waals surface area contributed by atoms with Crippen LogP contribution in [0.1, 0.15) is 43.6 Å². The van der Waals surface area contributed by atoms with E-state index in [4.69, 9.17) is 0 Å². The molecule has 2 N–H and O–H groups in total. The number of ketones is 1. The molecule has 0 spiro atoms. The minimum Gasteiger partial charge on any atom is -0.545 e. The van der Waals surface area contributed by atoms with Crippen LogP contribution in [0.25, 0.3) is 0 Å². The van der Waals surface area contributed by atoms with Crippen LogP contribution < -0.4 is 15.1 Å². The molecule has 32 heavy (non-hydrogen) atoms. The monoisotopic (exact) mass is 451 g/mol. The summed E-state index contributed by atoms with van der Waals surface area (Å²) in [5.74, 6) is -2.35. The number of hydrogen-bond acceptors (Lipinski definition) is 6. The molecule has 3 aromatic carbocycles. The fourth-order valence-corrected chi connectivity index (χ4v) is 4.33. The van der Waals surface area contributed by atoms with Gasteiger partial charge in [-0.1, -0.05) is 36.4 Å². The number of carbonyl (C=O) groups excluding carboxylic acids is 3. The Morgan fingerprint density at radius 3 is 2.28 bits per heavy atom. The molecule has 3 aromatic rings. The van der Waals surface area contributed by atoms with Crippen molar-refractivity contribution >= 4 is 39.1 Å². The van der Waals surface area contributed by atoms with Gasteiger partial charge in [0.25, 0.3) is 15.9 Å². The number of nitrogens with one attached hydrogen (secondary N) is 2. The van der Waals surface area contributed by atoms with Gasteiger partial charge in [0.05, 0.1) is 16.6 Å². The van der Waals surface area contributed by atoms with Crippen molar-refractivity contribution in [2.75, 3.05) is 10.0 Å². The van der Waals surface area contributed by atoms with Crippen molar-refractivity contribution in [3.05, 3.63) is 89.0 Å². The van der Waals surface area contributed by atoms with Crippen molar-refractivity contribution in [1.29, 1.82) is 0 Å². The first-order chi connectivity index (χ1) is 15.1. The second-order valence-corrected chi connectivity index (χ2v) is 8.66. The molecule has 8 nitrogen and oxygen atoms in total. The van der Waals surface area contributed by atoms with Crippen LogP contribution in [0.5, 0.6) is 0 Å². The third kappa shape index (κ3) is 5.01. The summed E-state index contributed by atoms with van der Waals surface area (Å²) >= 11 is 0. The van der Waals surface area contributed by atoms with Crippen LogP contribution in [-0.2, 0) is 10.0 Å². The summed E-state index contributed by atoms with van der Waals surface area (Å²) in [7, 11) is -4.08. The van der Waals surface area contributed by atoms with Gasteiger partial charge in [-0.15, -0.1) is 0 Å². The molecule has 0 bridgehead atoms. The number of aromatic carboxylic acids is 1. The molecule has 0 aromatic heterocycles. The van der Waals surface area contributed by atoms with Crippen molar-refractivity contribution in [3.8, 4) is 0 Å². The third-order valence-corrected chi connectivity index (χ3v) is 6.18. The third-order valence-electron chi connectivity index (χ3n) is 4.66. The summed E-state index contributed by atoms with van der Waals surface area (Å²) in [5, 5.41) is 13.7. The van der Waals surface area contributed by atoms with Crippen LogP contribution in [0, 0.1) is 6.92 Å². The lowest BCUT2D eigenvalue weighted by Gasteiger charge is -2.14. The normalized spacial score (nSPS) is 10.9. The Morgan fingerprint density at radius 2 is 1.59 bits per heavy atom. The molecular weight excluding hydrogens is 432 g/mol. The second-order valence-electron chi connectivity index (χ2n) is 7.01. The van der Waals surface area contributed by atoms with Gasteiger partial charge in [0.2, 0.25) is 0 Å². The van der Waals surface area contributed by atoms with E-state index in [0.29, 0.717) is 11.1 Å². The molecule has 0 aliphatic carbocycles. The van der Waals surface area contributed by atoms with Gasteiger partial charge in [-0.25, -0.2) is 8.42 Å². The largest absolute Gasteiger partial charge is 0.545 e. The SMILES string of the molecule is CC(=O)c1cccc(NS(=O)(=O)c2cc(C(=O)Nc3ccccc3C(=O)[O-])ccc2C)c1. The number of aryl methyl sites for hydroxylation is 1. The molecule has 164 valence electrons. The van der Waals surface area contributed by atoms with Gasteiger partial charge in [-0.2, -0.15) is 0 Å². The summed E-state index contributed by atoms with van der Waals surface area (Å²) in [4.78, 5) is 35.3. The standard InChI is InChI=1S/C23H20N2O6S/c1-14-10-11-17(22(27)24-20-9-4-3-8-19(20)23(28)29)13-21(14)32(30,31)25-18-7-5-6-16(12-18)15(2)26/h3-13,25H,1-2H3,(H,24,27)(H,28,29)/p-1. The van der Waals surface area contributed by atoms with Crippen LogP contribution in [0.3, 0.4) is 0 Å². The zero-order valence-electron chi connectivity index (χ0n) is 17.2. The Labute approximate surface area is 185 Å². The van der Waals surface area contributed by atoms with Crippen molar-refractivity contribution in [2.24, 2.45) is 0 Å². The Hall–Kier alpha value is -3.98. The predicted molar refractivity (Wildman–Crippen MR) is 117 cm³/mol. The zero-order valence-corrected chi connectivity index (χ0v) is 18.0. The summed E-state index contributed by atoms with van der Waals surface area (Å²) in [6.45, 7) is 2.95. The number of sulfonamides is 1. The molecule has 1 amide bonds. The number of carboxylic acids is 1. The lowest BCUT2D eigenvalue weighted by atomic mass is 10.1. The lowest BCUT2D eigenvalue weighted by molar-refractivity contribution is -0.254. The van der Waals surface area contributed by atoms with E-state index in [1.807, 2.05) is 0 Å². The Bertz CT molecular complexity index is 1330. The van der Waals surface area contributed by atoms with Gasteiger partial charge >= 0.3 is 0 Å². The fourth-order valence-electron chi connectivity index (χ4n) is 3.01. The highest BCUT2D eigenvalue weighted by Crippen LogP contribution is 2.23. The van der Waals surface area contributed by atoms with E-state index in [1.54, 1.807) is 25.1 Å². The summed E-state index contributed by atoms with van der Waals surface area (Å²) in [6, 6.07) is 15.9. The molecule has 0 aliphatic rings. The number of amides is 1. The number of benzene rings is 3. The zero-order chi connectivity index (χ0) is 23.5. The highest BCUT2D eigenvalue weighted by molar-refractivity contribution is 7.92. The van der Waals surface area contributed by atoms with Crippen LogP contribution in [0.4, 0.5) is 11.4 Å². The topological polar surface area (TPSA) is 132 Å². The summed E-state index contributed by atoms with van der Waals surface area (Å²) < 4.78 is 28.3. The molecule has 0 fully saturated rings.